The van der Waals surface area contributed by atoms with Gasteiger partial charge in [0.25, 0.3) is 0 Å². The van der Waals surface area contributed by atoms with Gasteiger partial charge in [-0.05, 0) is 31.9 Å². The Morgan fingerprint density at radius 2 is 2.14 bits per heavy atom. The molecule has 1 saturated heterocycles. The monoisotopic (exact) mass is 282 g/mol. The molecule has 2 heterocycles. The van der Waals surface area contributed by atoms with Crippen LogP contribution in [-0.2, 0) is 4.79 Å². The summed E-state index contributed by atoms with van der Waals surface area (Å²) in [6.07, 6.45) is 4.46. The minimum Gasteiger partial charge on any atom is -0.364 e. The van der Waals surface area contributed by atoms with Gasteiger partial charge in [-0.15, -0.1) is 0 Å². The standard InChI is InChI=1S/C16H18N4O/c1-10-2-5-14-13(6-10)16(18-9-17-14)19-11-7-15(21)20(8-11)12-3-4-12/h2,5-6,9,11-12H,3-4,7-8H2,1H3,(H,17,18,19). The Bertz CT molecular complexity index is 710. The van der Waals surface area contributed by atoms with Gasteiger partial charge in [0.2, 0.25) is 5.91 Å². The Balaban J connectivity index is 1.60. The number of carbonyl (C=O) groups is 1. The zero-order valence-corrected chi connectivity index (χ0v) is 12.0. The number of hydrogen-bond acceptors (Lipinski definition) is 4. The Kier molecular flexibility index (Phi) is 2.80. The van der Waals surface area contributed by atoms with E-state index in [1.54, 1.807) is 6.33 Å². The molecule has 1 atom stereocenters. The van der Waals surface area contributed by atoms with Crippen molar-refractivity contribution in [2.24, 2.45) is 0 Å². The predicted octanol–water partition coefficient (Wildman–Crippen LogP) is 2.11. The highest BCUT2D eigenvalue weighted by Gasteiger charge is 2.39. The van der Waals surface area contributed by atoms with Gasteiger partial charge in [-0.3, -0.25) is 4.79 Å². The maximum Gasteiger partial charge on any atom is 0.225 e. The molecule has 2 aliphatic rings. The number of benzene rings is 1. The van der Waals surface area contributed by atoms with Crippen LogP contribution >= 0.6 is 0 Å². The fourth-order valence-electron chi connectivity index (χ4n) is 3.05. The highest BCUT2D eigenvalue weighted by atomic mass is 16.2. The maximum absolute atomic E-state index is 12.0. The number of fused-ring (bicyclic) bond motifs is 1. The first-order valence-electron chi connectivity index (χ1n) is 7.48. The molecule has 2 aromatic rings. The number of carbonyl (C=O) groups excluding carboxylic acids is 1. The summed E-state index contributed by atoms with van der Waals surface area (Å²) in [6, 6.07) is 6.79. The van der Waals surface area contributed by atoms with E-state index >= 15 is 0 Å². The van der Waals surface area contributed by atoms with Crippen LogP contribution in [-0.4, -0.2) is 39.4 Å². The zero-order valence-electron chi connectivity index (χ0n) is 12.0. The largest absolute Gasteiger partial charge is 0.364 e. The van der Waals surface area contributed by atoms with Gasteiger partial charge in [-0.1, -0.05) is 11.6 Å². The average molecular weight is 282 g/mol. The molecule has 1 unspecified atom stereocenters. The second-order valence-corrected chi connectivity index (χ2v) is 6.07. The Hall–Kier alpha value is -2.17. The summed E-state index contributed by atoms with van der Waals surface area (Å²) >= 11 is 0. The summed E-state index contributed by atoms with van der Waals surface area (Å²) < 4.78 is 0. The summed E-state index contributed by atoms with van der Waals surface area (Å²) in [7, 11) is 0. The molecule has 4 rings (SSSR count). The first-order chi connectivity index (χ1) is 10.2. The van der Waals surface area contributed by atoms with Crippen LogP contribution < -0.4 is 5.32 Å². The van der Waals surface area contributed by atoms with Crippen LogP contribution in [0.2, 0.25) is 0 Å². The van der Waals surface area contributed by atoms with Crippen LogP contribution in [0.3, 0.4) is 0 Å². The minimum absolute atomic E-state index is 0.150. The fourth-order valence-corrected chi connectivity index (χ4v) is 3.05. The van der Waals surface area contributed by atoms with E-state index < -0.39 is 0 Å². The van der Waals surface area contributed by atoms with E-state index in [0.717, 1.165) is 36.1 Å². The van der Waals surface area contributed by atoms with Crippen molar-refractivity contribution >= 4 is 22.6 Å². The van der Waals surface area contributed by atoms with E-state index in [2.05, 4.69) is 28.3 Å². The van der Waals surface area contributed by atoms with Gasteiger partial charge in [-0.2, -0.15) is 0 Å². The lowest BCUT2D eigenvalue weighted by molar-refractivity contribution is -0.128. The van der Waals surface area contributed by atoms with Crippen LogP contribution in [0, 0.1) is 6.92 Å². The number of anilines is 1. The smallest absolute Gasteiger partial charge is 0.225 e. The minimum atomic E-state index is 0.150. The van der Waals surface area contributed by atoms with Crippen LogP contribution in [0.5, 0.6) is 0 Å². The second-order valence-electron chi connectivity index (χ2n) is 6.07. The molecule has 5 heteroatoms. The topological polar surface area (TPSA) is 58.1 Å². The molecule has 0 radical (unpaired) electrons. The van der Waals surface area contributed by atoms with Crippen molar-refractivity contribution in [3.63, 3.8) is 0 Å². The number of nitrogens with zero attached hydrogens (tertiary/aromatic N) is 3. The van der Waals surface area contributed by atoms with Gasteiger partial charge in [0.05, 0.1) is 11.6 Å². The van der Waals surface area contributed by atoms with E-state index in [4.69, 9.17) is 0 Å². The SMILES string of the molecule is Cc1ccc2ncnc(NC3CC(=O)N(C4CC4)C3)c2c1. The number of hydrogen-bond donors (Lipinski definition) is 1. The number of aryl methyl sites for hydroxylation is 1. The Morgan fingerprint density at radius 3 is 2.95 bits per heavy atom. The lowest BCUT2D eigenvalue weighted by Gasteiger charge is -2.17. The third-order valence-electron chi connectivity index (χ3n) is 4.28. The Labute approximate surface area is 123 Å². The van der Waals surface area contributed by atoms with E-state index in [9.17, 15) is 4.79 Å². The van der Waals surface area contributed by atoms with Crippen molar-refractivity contribution in [1.82, 2.24) is 14.9 Å². The molecule has 1 aromatic heterocycles. The summed E-state index contributed by atoms with van der Waals surface area (Å²) in [5.41, 5.74) is 2.11. The molecule has 1 aliphatic carbocycles. The number of nitrogens with one attached hydrogen (secondary N) is 1. The van der Waals surface area contributed by atoms with Gasteiger partial charge in [-0.25, -0.2) is 9.97 Å². The molecule has 21 heavy (non-hydrogen) atoms. The molecule has 0 spiro atoms. The van der Waals surface area contributed by atoms with Crippen LogP contribution in [0.4, 0.5) is 5.82 Å². The first kappa shape index (κ1) is 12.6. The van der Waals surface area contributed by atoms with Crippen molar-refractivity contribution in [1.29, 1.82) is 0 Å². The van der Waals surface area contributed by atoms with Crippen molar-refractivity contribution in [3.05, 3.63) is 30.1 Å². The van der Waals surface area contributed by atoms with Crippen LogP contribution in [0.1, 0.15) is 24.8 Å². The van der Waals surface area contributed by atoms with E-state index in [-0.39, 0.29) is 11.9 Å². The zero-order chi connectivity index (χ0) is 14.4. The van der Waals surface area contributed by atoms with Gasteiger partial charge >= 0.3 is 0 Å². The summed E-state index contributed by atoms with van der Waals surface area (Å²) in [4.78, 5) is 22.7. The molecule has 0 bridgehead atoms. The lowest BCUT2D eigenvalue weighted by Crippen LogP contribution is -2.30. The molecular weight excluding hydrogens is 264 g/mol. The number of aromatic nitrogens is 2. The number of amides is 1. The van der Waals surface area contributed by atoms with Gasteiger partial charge < -0.3 is 10.2 Å². The molecule has 1 saturated carbocycles. The van der Waals surface area contributed by atoms with E-state index in [1.807, 2.05) is 17.0 Å². The number of rotatable bonds is 3. The molecule has 1 aliphatic heterocycles. The number of likely N-dealkylation sites (tertiary alicyclic amines) is 1. The van der Waals surface area contributed by atoms with Gasteiger partial charge in [0.1, 0.15) is 12.1 Å². The van der Waals surface area contributed by atoms with E-state index in [1.165, 1.54) is 5.56 Å². The average Bonchev–Trinajstić information content (AvgIpc) is 3.24. The van der Waals surface area contributed by atoms with Gasteiger partial charge in [0, 0.05) is 24.4 Å². The van der Waals surface area contributed by atoms with Crippen LogP contribution in [0.25, 0.3) is 10.9 Å². The molecule has 1 aromatic carbocycles. The first-order valence-corrected chi connectivity index (χ1v) is 7.48. The third kappa shape index (κ3) is 2.33. The maximum atomic E-state index is 12.0. The Morgan fingerprint density at radius 1 is 1.29 bits per heavy atom. The molecule has 5 nitrogen and oxygen atoms in total. The molecule has 1 amide bonds. The normalized spacial score (nSPS) is 22.0. The van der Waals surface area contributed by atoms with Gasteiger partial charge in [0.15, 0.2) is 0 Å². The van der Waals surface area contributed by atoms with Crippen molar-refractivity contribution in [3.8, 4) is 0 Å². The summed E-state index contributed by atoms with van der Waals surface area (Å²) in [6.45, 7) is 2.85. The van der Waals surface area contributed by atoms with E-state index in [0.29, 0.717) is 12.5 Å². The summed E-state index contributed by atoms with van der Waals surface area (Å²) in [5.74, 6) is 1.10. The van der Waals surface area contributed by atoms with Crippen molar-refractivity contribution in [2.75, 3.05) is 11.9 Å². The quantitative estimate of drug-likeness (QED) is 0.936. The second kappa shape index (κ2) is 4.69. The molecule has 1 N–H and O–H groups in total. The van der Waals surface area contributed by atoms with Crippen molar-refractivity contribution in [2.45, 2.75) is 38.3 Å². The molecular formula is C16H18N4O. The highest BCUT2D eigenvalue weighted by Crippen LogP contribution is 2.32. The molecule has 2 fully saturated rings. The van der Waals surface area contributed by atoms with Crippen LogP contribution in [0.15, 0.2) is 24.5 Å². The predicted molar refractivity (Wildman–Crippen MR) is 81.0 cm³/mol. The fraction of sp³-hybridized carbons (Fsp3) is 0.438. The lowest BCUT2D eigenvalue weighted by atomic mass is 10.1. The summed E-state index contributed by atoms with van der Waals surface area (Å²) in [5, 5.41) is 4.46. The molecule has 108 valence electrons. The highest BCUT2D eigenvalue weighted by molar-refractivity contribution is 5.90. The van der Waals surface area contributed by atoms with Crippen molar-refractivity contribution < 1.29 is 4.79 Å². The third-order valence-corrected chi connectivity index (χ3v) is 4.28.